The number of nitrogens with one attached hydrogen (secondary N) is 2. The third-order valence-electron chi connectivity index (χ3n) is 19.9. The Morgan fingerprint density at radius 3 is 0.869 bits per heavy atom. The summed E-state index contributed by atoms with van der Waals surface area (Å²) in [4.78, 5) is 2.31. The van der Waals surface area contributed by atoms with Gasteiger partial charge in [-0.25, -0.2) is 0 Å². The highest BCUT2D eigenvalue weighted by molar-refractivity contribution is 9.10. The van der Waals surface area contributed by atoms with Gasteiger partial charge >= 0.3 is 0 Å². The highest BCUT2D eigenvalue weighted by Gasteiger charge is 2.18. The summed E-state index contributed by atoms with van der Waals surface area (Å²) >= 11 is 3.53. The molecule has 2 N–H and O–H groups in total. The number of benzene rings is 17. The van der Waals surface area contributed by atoms with Crippen molar-refractivity contribution in [2.75, 3.05) is 15.5 Å². The van der Waals surface area contributed by atoms with Crippen molar-refractivity contribution >= 4 is 132 Å². The fourth-order valence-corrected chi connectivity index (χ4v) is 14.8. The lowest BCUT2D eigenvalue weighted by molar-refractivity contribution is 0.669. The van der Waals surface area contributed by atoms with Crippen molar-refractivity contribution in [1.29, 1.82) is 0 Å². The molecule has 0 saturated heterocycles. The zero-order chi connectivity index (χ0) is 71.4. The minimum atomic E-state index is 0.915. The smallest absolute Gasteiger partial charge is 0.143 e. The average Bonchev–Trinajstić information content (AvgIpc) is 1.64. The van der Waals surface area contributed by atoms with E-state index in [2.05, 4.69) is 395 Å². The van der Waals surface area contributed by atoms with Gasteiger partial charge in [0.2, 0.25) is 0 Å². The zero-order valence-corrected chi connectivity index (χ0v) is 59.7. The Morgan fingerprint density at radius 2 is 0.486 bits per heavy atom. The Labute approximate surface area is 628 Å². The second-order valence-corrected chi connectivity index (χ2v) is 27.5. The van der Waals surface area contributed by atoms with Crippen LogP contribution in [0.4, 0.5) is 39.8 Å². The second kappa shape index (κ2) is 29.2. The van der Waals surface area contributed by atoms with Crippen LogP contribution < -0.4 is 15.5 Å². The van der Waals surface area contributed by atoms with Gasteiger partial charge in [-0.3, -0.25) is 0 Å². The van der Waals surface area contributed by atoms with E-state index in [-0.39, 0.29) is 0 Å². The van der Waals surface area contributed by atoms with E-state index in [0.717, 1.165) is 143 Å². The first kappa shape index (κ1) is 65.3. The fraction of sp³-hybridized carbons (Fsp3) is 0. The van der Waals surface area contributed by atoms with Crippen molar-refractivity contribution in [2.24, 2.45) is 0 Å². The fourth-order valence-electron chi connectivity index (χ4n) is 14.5. The summed E-state index contributed by atoms with van der Waals surface area (Å²) in [5.41, 5.74) is 27.1. The molecule has 0 aliphatic rings. The van der Waals surface area contributed by atoms with E-state index in [0.29, 0.717) is 0 Å². The SMILES string of the molecule is Brc1ccc(-c2ccc(N(c3ccc(-c4ccccc4)cc3)c3ccc(-c4ccccc4)cc3)cc2)cc1.c1ccc2c(Nc3ccc(-c4cccc5c4oc4ccccc45)cc3)cccc2c1.c1ccc2c(c1)oc1c(-c3ccc(Nc4ccc(-c5cccc6c5oc5ccccc56)cc4)cc3)cccc12. The summed E-state index contributed by atoms with van der Waals surface area (Å²) in [6.45, 7) is 0. The minimum absolute atomic E-state index is 0.915. The van der Waals surface area contributed by atoms with Crippen molar-refractivity contribution in [2.45, 2.75) is 0 Å². The van der Waals surface area contributed by atoms with Crippen LogP contribution in [0.5, 0.6) is 0 Å². The van der Waals surface area contributed by atoms with Crippen LogP contribution in [0, 0.1) is 0 Å². The van der Waals surface area contributed by atoms with Crippen LogP contribution in [0.25, 0.3) is 143 Å². The molecule has 17 aromatic carbocycles. The molecule has 0 saturated carbocycles. The van der Waals surface area contributed by atoms with E-state index in [1.165, 1.54) is 44.2 Å². The van der Waals surface area contributed by atoms with Gasteiger partial charge in [-0.1, -0.05) is 307 Å². The van der Waals surface area contributed by atoms with Gasteiger partial charge in [0.15, 0.2) is 0 Å². The third kappa shape index (κ3) is 13.5. The maximum absolute atomic E-state index is 6.23. The Kier molecular flexibility index (Phi) is 17.8. The molecule has 0 unspecified atom stereocenters. The molecule has 3 heterocycles. The Bertz CT molecular complexity index is 6270. The zero-order valence-electron chi connectivity index (χ0n) is 58.2. The molecule has 20 rings (SSSR count). The quantitative estimate of drug-likeness (QED) is 0.120. The molecule has 7 heteroatoms. The summed E-state index contributed by atoms with van der Waals surface area (Å²) in [5.74, 6) is 0. The molecule has 0 aliphatic carbocycles. The average molecular weight is 1440 g/mol. The first-order valence-electron chi connectivity index (χ1n) is 35.9. The van der Waals surface area contributed by atoms with Crippen molar-refractivity contribution in [1.82, 2.24) is 0 Å². The van der Waals surface area contributed by atoms with Crippen molar-refractivity contribution in [3.8, 4) is 66.8 Å². The van der Waals surface area contributed by atoms with Gasteiger partial charge in [-0.2, -0.15) is 0 Å². The molecule has 0 atom stereocenters. The maximum atomic E-state index is 6.23. The number of furan rings is 3. The van der Waals surface area contributed by atoms with Gasteiger partial charge in [0, 0.05) is 98.7 Å². The molecule has 0 amide bonds. The van der Waals surface area contributed by atoms with E-state index in [4.69, 9.17) is 13.3 Å². The molecule has 508 valence electrons. The van der Waals surface area contributed by atoms with Crippen LogP contribution in [0.3, 0.4) is 0 Å². The standard InChI is InChI=1S/C36H26BrN.C36H23NO2.C28H19NO/c37-33-19-11-29(12-20-33)32-17-25-36(26-18-32)38(34-21-13-30(14-22-34)27-7-3-1-4-8-27)35-23-15-31(16-24-35)28-9-5-2-6-10-28;1-3-13-33-29(7-1)31-11-5-9-27(35(31)38-33)23-15-19-25(20-16-23)37-26-21-17-24(18-22-26)28-10-6-12-32-30-8-2-4-14-34(30)39-36(28)32;1-2-9-22-19(7-1)8-5-13-26(22)29-21-17-15-20(16-18-21)23-11-6-12-25-24-10-3-4-14-27(24)30-28(23)25/h1-26H;1-22,37H;1-18,29H. The van der Waals surface area contributed by atoms with Gasteiger partial charge in [0.25, 0.3) is 0 Å². The second-order valence-electron chi connectivity index (χ2n) is 26.6. The number of fused-ring (bicyclic) bond motifs is 10. The molecule has 0 bridgehead atoms. The van der Waals surface area contributed by atoms with E-state index >= 15 is 0 Å². The van der Waals surface area contributed by atoms with E-state index in [1.54, 1.807) is 0 Å². The highest BCUT2D eigenvalue weighted by atomic mass is 79.9. The predicted octanol–water partition coefficient (Wildman–Crippen LogP) is 29.6. The van der Waals surface area contributed by atoms with Crippen molar-refractivity contribution in [3.63, 3.8) is 0 Å². The van der Waals surface area contributed by atoms with Crippen molar-refractivity contribution < 1.29 is 13.3 Å². The Morgan fingerprint density at radius 1 is 0.206 bits per heavy atom. The van der Waals surface area contributed by atoms with Crippen LogP contribution in [-0.2, 0) is 0 Å². The number of hydrogen-bond donors (Lipinski definition) is 2. The van der Waals surface area contributed by atoms with E-state index in [9.17, 15) is 0 Å². The number of hydrogen-bond acceptors (Lipinski definition) is 6. The first-order valence-corrected chi connectivity index (χ1v) is 36.7. The minimum Gasteiger partial charge on any atom is -0.455 e. The molecule has 0 aliphatic heterocycles. The first-order chi connectivity index (χ1) is 52.9. The van der Waals surface area contributed by atoms with Gasteiger partial charge < -0.3 is 28.8 Å². The Hall–Kier alpha value is -13.7. The van der Waals surface area contributed by atoms with E-state index in [1.807, 2.05) is 36.4 Å². The predicted molar refractivity (Wildman–Crippen MR) is 453 cm³/mol. The number of rotatable bonds is 13. The number of anilines is 7. The maximum Gasteiger partial charge on any atom is 0.143 e. The molecule has 3 aromatic heterocycles. The van der Waals surface area contributed by atoms with Gasteiger partial charge in [-0.05, 0) is 165 Å². The van der Waals surface area contributed by atoms with Crippen LogP contribution in [0.15, 0.2) is 418 Å². The molecule has 0 fully saturated rings. The molecule has 107 heavy (non-hydrogen) atoms. The Balaban J connectivity index is 0.000000114. The molecular formula is C100H68BrN3O3. The highest BCUT2D eigenvalue weighted by Crippen LogP contribution is 2.42. The number of nitrogens with zero attached hydrogens (tertiary/aromatic N) is 1. The lowest BCUT2D eigenvalue weighted by Crippen LogP contribution is -2.09. The molecule has 6 nitrogen and oxygen atoms in total. The monoisotopic (exact) mass is 1440 g/mol. The summed E-state index contributed by atoms with van der Waals surface area (Å²) in [6.07, 6.45) is 0. The van der Waals surface area contributed by atoms with Crippen LogP contribution in [0.2, 0.25) is 0 Å². The van der Waals surface area contributed by atoms with Crippen LogP contribution in [0.1, 0.15) is 0 Å². The number of halogens is 1. The lowest BCUT2D eigenvalue weighted by Gasteiger charge is -2.26. The summed E-state index contributed by atoms with van der Waals surface area (Å²) < 4.78 is 19.7. The molecule has 0 spiro atoms. The van der Waals surface area contributed by atoms with Crippen LogP contribution in [-0.4, -0.2) is 0 Å². The summed E-state index contributed by atoms with van der Waals surface area (Å²) in [6, 6.07) is 140. The van der Waals surface area contributed by atoms with E-state index < -0.39 is 0 Å². The molecule has 20 aromatic rings. The van der Waals surface area contributed by atoms with Crippen molar-refractivity contribution in [3.05, 3.63) is 405 Å². The molecule has 0 radical (unpaired) electrons. The van der Waals surface area contributed by atoms with Gasteiger partial charge in [-0.15, -0.1) is 0 Å². The summed E-state index contributed by atoms with van der Waals surface area (Å²) in [5, 5.41) is 16.4. The van der Waals surface area contributed by atoms with Gasteiger partial charge in [0.1, 0.15) is 33.5 Å². The topological polar surface area (TPSA) is 66.7 Å². The largest absolute Gasteiger partial charge is 0.455 e. The molecular weight excluding hydrogens is 1370 g/mol. The lowest BCUT2D eigenvalue weighted by atomic mass is 10.0. The normalized spacial score (nSPS) is 11.2. The van der Waals surface area contributed by atoms with Crippen LogP contribution >= 0.6 is 15.9 Å². The summed E-state index contributed by atoms with van der Waals surface area (Å²) in [7, 11) is 0. The third-order valence-corrected chi connectivity index (χ3v) is 20.5. The van der Waals surface area contributed by atoms with Gasteiger partial charge in [0.05, 0.1) is 0 Å². The number of para-hydroxylation sites is 6.